The fourth-order valence-electron chi connectivity index (χ4n) is 2.49. The second-order valence-corrected chi connectivity index (χ2v) is 5.05. The zero-order valence-electron chi connectivity index (χ0n) is 10.7. The van der Waals surface area contributed by atoms with Crippen molar-refractivity contribution in [3.05, 3.63) is 28.0 Å². The van der Waals surface area contributed by atoms with E-state index >= 15 is 0 Å². The summed E-state index contributed by atoms with van der Waals surface area (Å²) in [4.78, 5) is 11.0. The Bertz CT molecular complexity index is 521. The van der Waals surface area contributed by atoms with Gasteiger partial charge in [0.2, 0.25) is 0 Å². The fraction of sp³-hybridized carbons (Fsp3) is 0.462. The third-order valence-corrected chi connectivity index (χ3v) is 3.81. The number of aliphatic carboxylic acids is 1. The van der Waals surface area contributed by atoms with Gasteiger partial charge in [0.25, 0.3) is 0 Å². The van der Waals surface area contributed by atoms with Crippen LogP contribution in [0.3, 0.4) is 0 Å². The SMILES string of the molecule is COc1c(C)cc(F)c(Cl)c1C1CC(C(=O)O)CN1. The highest BCUT2D eigenvalue weighted by molar-refractivity contribution is 6.31. The number of carboxylic acids is 1. The van der Waals surface area contributed by atoms with E-state index in [4.69, 9.17) is 21.4 Å². The molecule has 2 rings (SSSR count). The molecule has 0 spiro atoms. The van der Waals surface area contributed by atoms with Crippen LogP contribution in [0.2, 0.25) is 5.02 Å². The maximum absolute atomic E-state index is 13.7. The monoisotopic (exact) mass is 287 g/mol. The largest absolute Gasteiger partial charge is 0.496 e. The molecule has 6 heteroatoms. The predicted octanol–water partition coefficient (Wildman–Crippen LogP) is 2.53. The van der Waals surface area contributed by atoms with Crippen molar-refractivity contribution in [1.82, 2.24) is 5.32 Å². The summed E-state index contributed by atoms with van der Waals surface area (Å²) in [5, 5.41) is 12.1. The first-order valence-corrected chi connectivity index (χ1v) is 6.32. The quantitative estimate of drug-likeness (QED) is 0.897. The molecule has 1 aliphatic heterocycles. The average Bonchev–Trinajstić information content (AvgIpc) is 2.82. The number of methoxy groups -OCH3 is 1. The van der Waals surface area contributed by atoms with Gasteiger partial charge in [0.05, 0.1) is 18.1 Å². The summed E-state index contributed by atoms with van der Waals surface area (Å²) in [6.07, 6.45) is 0.369. The Labute approximate surface area is 115 Å². The number of ether oxygens (including phenoxy) is 1. The van der Waals surface area contributed by atoms with E-state index in [0.29, 0.717) is 29.8 Å². The first kappa shape index (κ1) is 14.1. The van der Waals surface area contributed by atoms with Crippen molar-refractivity contribution in [1.29, 1.82) is 0 Å². The number of aryl methyl sites for hydroxylation is 1. The van der Waals surface area contributed by atoms with Crippen molar-refractivity contribution < 1.29 is 19.0 Å². The maximum Gasteiger partial charge on any atom is 0.307 e. The Hall–Kier alpha value is -1.33. The van der Waals surface area contributed by atoms with Crippen LogP contribution in [0.4, 0.5) is 4.39 Å². The number of hydrogen-bond donors (Lipinski definition) is 2. The van der Waals surface area contributed by atoms with Gasteiger partial charge >= 0.3 is 5.97 Å². The van der Waals surface area contributed by atoms with Crippen LogP contribution in [-0.2, 0) is 4.79 Å². The van der Waals surface area contributed by atoms with E-state index in [9.17, 15) is 9.18 Å². The molecule has 0 bridgehead atoms. The van der Waals surface area contributed by atoms with E-state index in [1.54, 1.807) is 6.92 Å². The molecule has 1 heterocycles. The molecule has 1 saturated heterocycles. The first-order valence-electron chi connectivity index (χ1n) is 5.94. The number of hydrogen-bond acceptors (Lipinski definition) is 3. The molecule has 2 atom stereocenters. The van der Waals surface area contributed by atoms with Crippen LogP contribution in [0.15, 0.2) is 6.07 Å². The summed E-state index contributed by atoms with van der Waals surface area (Å²) in [5.41, 5.74) is 1.14. The topological polar surface area (TPSA) is 58.6 Å². The molecule has 0 radical (unpaired) electrons. The zero-order valence-corrected chi connectivity index (χ0v) is 11.4. The van der Waals surface area contributed by atoms with Crippen LogP contribution in [-0.4, -0.2) is 24.7 Å². The van der Waals surface area contributed by atoms with E-state index in [1.807, 2.05) is 0 Å². The highest BCUT2D eigenvalue weighted by Gasteiger charge is 2.34. The van der Waals surface area contributed by atoms with Crippen LogP contribution in [0, 0.1) is 18.7 Å². The lowest BCUT2D eigenvalue weighted by molar-refractivity contribution is -0.141. The number of halogens is 2. The van der Waals surface area contributed by atoms with Crippen molar-refractivity contribution in [3.8, 4) is 5.75 Å². The summed E-state index contributed by atoms with van der Waals surface area (Å²) in [5.74, 6) is -1.36. The molecule has 1 aromatic carbocycles. The van der Waals surface area contributed by atoms with E-state index in [0.717, 1.165) is 0 Å². The number of rotatable bonds is 3. The zero-order chi connectivity index (χ0) is 14.2. The highest BCUT2D eigenvalue weighted by Crippen LogP contribution is 2.41. The number of carboxylic acid groups (broad SMARTS) is 1. The van der Waals surface area contributed by atoms with E-state index < -0.39 is 17.7 Å². The van der Waals surface area contributed by atoms with Gasteiger partial charge in [-0.1, -0.05) is 11.6 Å². The number of benzene rings is 1. The molecule has 104 valence electrons. The van der Waals surface area contributed by atoms with Gasteiger partial charge in [-0.25, -0.2) is 4.39 Å². The minimum Gasteiger partial charge on any atom is -0.496 e. The lowest BCUT2D eigenvalue weighted by Crippen LogP contribution is -2.18. The van der Waals surface area contributed by atoms with Gasteiger partial charge in [0.1, 0.15) is 11.6 Å². The van der Waals surface area contributed by atoms with Gasteiger partial charge in [-0.05, 0) is 25.0 Å². The van der Waals surface area contributed by atoms with E-state index in [-0.39, 0.29) is 11.1 Å². The highest BCUT2D eigenvalue weighted by atomic mass is 35.5. The molecule has 1 aromatic rings. The average molecular weight is 288 g/mol. The van der Waals surface area contributed by atoms with Crippen molar-refractivity contribution in [2.75, 3.05) is 13.7 Å². The molecule has 0 aromatic heterocycles. The van der Waals surface area contributed by atoms with Crippen LogP contribution in [0.5, 0.6) is 5.75 Å². The first-order chi connectivity index (χ1) is 8.95. The molecule has 1 fully saturated rings. The van der Waals surface area contributed by atoms with Gasteiger partial charge in [0.15, 0.2) is 0 Å². The van der Waals surface area contributed by atoms with Crippen LogP contribution in [0.25, 0.3) is 0 Å². The van der Waals surface area contributed by atoms with Gasteiger partial charge < -0.3 is 15.2 Å². The Kier molecular flexibility index (Phi) is 3.96. The van der Waals surface area contributed by atoms with Crippen molar-refractivity contribution in [2.24, 2.45) is 5.92 Å². The molecule has 0 saturated carbocycles. The third kappa shape index (κ3) is 2.53. The summed E-state index contributed by atoms with van der Waals surface area (Å²) in [7, 11) is 1.49. The maximum atomic E-state index is 13.7. The number of carbonyl (C=O) groups is 1. The third-order valence-electron chi connectivity index (χ3n) is 3.42. The Morgan fingerprint density at radius 2 is 2.32 bits per heavy atom. The van der Waals surface area contributed by atoms with Gasteiger partial charge in [-0.3, -0.25) is 4.79 Å². The summed E-state index contributed by atoms with van der Waals surface area (Å²) >= 11 is 6.01. The Morgan fingerprint density at radius 1 is 1.63 bits per heavy atom. The van der Waals surface area contributed by atoms with Gasteiger partial charge in [0, 0.05) is 18.2 Å². The minimum absolute atomic E-state index is 0.00834. The summed E-state index contributed by atoms with van der Waals surface area (Å²) in [6.45, 7) is 2.07. The van der Waals surface area contributed by atoms with E-state index in [1.165, 1.54) is 13.2 Å². The second kappa shape index (κ2) is 5.35. The predicted molar refractivity (Wildman–Crippen MR) is 69.2 cm³/mol. The number of nitrogens with one attached hydrogen (secondary N) is 1. The Morgan fingerprint density at radius 3 is 2.84 bits per heavy atom. The molecule has 2 unspecified atom stereocenters. The lowest BCUT2D eigenvalue weighted by Gasteiger charge is -2.19. The molecule has 19 heavy (non-hydrogen) atoms. The summed E-state index contributed by atoms with van der Waals surface area (Å²) in [6, 6.07) is 1.01. The molecule has 4 nitrogen and oxygen atoms in total. The summed E-state index contributed by atoms with van der Waals surface area (Å²) < 4.78 is 19.0. The van der Waals surface area contributed by atoms with Gasteiger partial charge in [-0.2, -0.15) is 0 Å². The van der Waals surface area contributed by atoms with Crippen LogP contribution < -0.4 is 10.1 Å². The van der Waals surface area contributed by atoms with Crippen LogP contribution >= 0.6 is 11.6 Å². The molecule has 1 aliphatic rings. The molecular formula is C13H15ClFNO3. The molecular weight excluding hydrogens is 273 g/mol. The Balaban J connectivity index is 2.42. The molecule has 0 amide bonds. The van der Waals surface area contributed by atoms with Crippen molar-refractivity contribution in [3.63, 3.8) is 0 Å². The molecule has 2 N–H and O–H groups in total. The lowest BCUT2D eigenvalue weighted by atomic mass is 9.97. The van der Waals surface area contributed by atoms with Crippen molar-refractivity contribution in [2.45, 2.75) is 19.4 Å². The normalized spacial score (nSPS) is 22.5. The van der Waals surface area contributed by atoms with Gasteiger partial charge in [-0.15, -0.1) is 0 Å². The van der Waals surface area contributed by atoms with Crippen molar-refractivity contribution >= 4 is 17.6 Å². The smallest absolute Gasteiger partial charge is 0.307 e. The van der Waals surface area contributed by atoms with Crippen LogP contribution in [0.1, 0.15) is 23.6 Å². The second-order valence-electron chi connectivity index (χ2n) is 4.67. The van der Waals surface area contributed by atoms with E-state index in [2.05, 4.69) is 5.32 Å². The molecule has 0 aliphatic carbocycles. The fourth-order valence-corrected chi connectivity index (χ4v) is 2.76. The minimum atomic E-state index is -0.863. The standard InChI is InChI=1S/C13H15ClFNO3/c1-6-3-8(15)11(14)10(12(6)19-2)9-4-7(5-16-9)13(17)18/h3,7,9,16H,4-5H2,1-2H3,(H,17,18).